The lowest BCUT2D eigenvalue weighted by Crippen LogP contribution is -1.95. The third-order valence-corrected chi connectivity index (χ3v) is 3.46. The van der Waals surface area contributed by atoms with Gasteiger partial charge in [0.05, 0.1) is 5.69 Å². The van der Waals surface area contributed by atoms with Crippen LogP contribution in [0.4, 0.5) is 0 Å². The number of pyridine rings is 1. The van der Waals surface area contributed by atoms with Crippen LogP contribution in [0, 0.1) is 6.92 Å². The topological polar surface area (TPSA) is 12.9 Å². The van der Waals surface area contributed by atoms with Crippen molar-refractivity contribution in [2.24, 2.45) is 0 Å². The highest BCUT2D eigenvalue weighted by Gasteiger charge is 2.09. The second-order valence-corrected chi connectivity index (χ2v) is 4.95. The number of hydrogen-bond acceptors (Lipinski definition) is 1. The van der Waals surface area contributed by atoms with Crippen LogP contribution in [-0.4, -0.2) is 4.98 Å². The minimum Gasteiger partial charge on any atom is -0.256 e. The summed E-state index contributed by atoms with van der Waals surface area (Å²) in [5, 5.41) is 0. The Balaban J connectivity index is 1.94. The molecule has 0 saturated carbocycles. The largest absolute Gasteiger partial charge is 0.256 e. The Labute approximate surface area is 114 Å². The van der Waals surface area contributed by atoms with Crippen molar-refractivity contribution in [3.8, 4) is 0 Å². The fraction of sp³-hybridized carbons (Fsp3) is 0.167. The molecule has 1 aromatic carbocycles. The van der Waals surface area contributed by atoms with Gasteiger partial charge in [-0.2, -0.15) is 0 Å². The van der Waals surface area contributed by atoms with E-state index in [9.17, 15) is 0 Å². The molecule has 0 amide bonds. The van der Waals surface area contributed by atoms with E-state index in [4.69, 9.17) is 0 Å². The van der Waals surface area contributed by atoms with E-state index >= 15 is 0 Å². The summed E-state index contributed by atoms with van der Waals surface area (Å²) in [7, 11) is 0. The van der Waals surface area contributed by atoms with Gasteiger partial charge in [0.2, 0.25) is 0 Å². The van der Waals surface area contributed by atoms with Crippen LogP contribution in [0.5, 0.6) is 0 Å². The first kappa shape index (κ1) is 11.9. The second kappa shape index (κ2) is 5.23. The highest BCUT2D eigenvalue weighted by molar-refractivity contribution is 5.84. The van der Waals surface area contributed by atoms with Crippen molar-refractivity contribution in [3.63, 3.8) is 0 Å². The van der Waals surface area contributed by atoms with E-state index < -0.39 is 0 Å². The average Bonchev–Trinajstić information content (AvgIpc) is 2.49. The fourth-order valence-corrected chi connectivity index (χ4v) is 2.39. The normalized spacial score (nSPS) is 14.8. The minimum absolute atomic E-state index is 1.08. The predicted octanol–water partition coefficient (Wildman–Crippen LogP) is 4.65. The van der Waals surface area contributed by atoms with Gasteiger partial charge in [-0.25, -0.2) is 0 Å². The van der Waals surface area contributed by atoms with Crippen LogP contribution in [0.2, 0.25) is 0 Å². The number of hydrogen-bond donors (Lipinski definition) is 0. The molecule has 1 aliphatic rings. The monoisotopic (exact) mass is 247 g/mol. The van der Waals surface area contributed by atoms with Gasteiger partial charge in [0, 0.05) is 6.20 Å². The van der Waals surface area contributed by atoms with Crippen molar-refractivity contribution in [1.82, 2.24) is 4.98 Å². The molecular formula is C18H17N. The van der Waals surface area contributed by atoms with Gasteiger partial charge < -0.3 is 0 Å². The van der Waals surface area contributed by atoms with Crippen molar-refractivity contribution in [3.05, 3.63) is 77.6 Å². The summed E-state index contributed by atoms with van der Waals surface area (Å²) in [6.07, 6.45) is 8.69. The summed E-state index contributed by atoms with van der Waals surface area (Å²) >= 11 is 0. The molecule has 0 spiro atoms. The molecular weight excluding hydrogens is 230 g/mol. The Hall–Kier alpha value is -2.15. The summed E-state index contributed by atoms with van der Waals surface area (Å²) in [5.74, 6) is 0. The van der Waals surface area contributed by atoms with E-state index in [2.05, 4.69) is 66.5 Å². The standard InChI is InChI=1S/C18H17N/c1-14-10-11-18(19-13-14)17-9-5-8-16(12-17)15-6-3-2-4-7-15/h2-4,6-8,10-13H,5,9H2,1H3. The van der Waals surface area contributed by atoms with Crippen LogP contribution in [0.1, 0.15) is 29.7 Å². The predicted molar refractivity (Wildman–Crippen MR) is 80.6 cm³/mol. The molecule has 1 aromatic heterocycles. The highest BCUT2D eigenvalue weighted by Crippen LogP contribution is 2.30. The van der Waals surface area contributed by atoms with Crippen LogP contribution in [0.3, 0.4) is 0 Å². The minimum atomic E-state index is 1.08. The molecule has 94 valence electrons. The van der Waals surface area contributed by atoms with E-state index in [0.717, 1.165) is 18.5 Å². The zero-order valence-electron chi connectivity index (χ0n) is 11.1. The van der Waals surface area contributed by atoms with Crippen LogP contribution in [0.15, 0.2) is 60.8 Å². The fourth-order valence-electron chi connectivity index (χ4n) is 2.39. The number of aryl methyl sites for hydroxylation is 1. The average molecular weight is 247 g/mol. The molecule has 0 N–H and O–H groups in total. The summed E-state index contributed by atoms with van der Waals surface area (Å²) in [6, 6.07) is 14.8. The number of aromatic nitrogens is 1. The van der Waals surface area contributed by atoms with E-state index in [1.54, 1.807) is 0 Å². The zero-order valence-corrected chi connectivity index (χ0v) is 11.1. The SMILES string of the molecule is Cc1ccc(C2=CC(c3ccccc3)=CCC2)nc1. The van der Waals surface area contributed by atoms with E-state index in [-0.39, 0.29) is 0 Å². The molecule has 1 heterocycles. The van der Waals surface area contributed by atoms with Crippen LogP contribution in [0.25, 0.3) is 11.1 Å². The van der Waals surface area contributed by atoms with E-state index in [1.165, 1.54) is 22.3 Å². The van der Waals surface area contributed by atoms with Gasteiger partial charge in [-0.1, -0.05) is 42.5 Å². The molecule has 1 aliphatic carbocycles. The second-order valence-electron chi connectivity index (χ2n) is 4.95. The summed E-state index contributed by atoms with van der Waals surface area (Å²) < 4.78 is 0. The Bertz CT molecular complexity index is 618. The van der Waals surface area contributed by atoms with Gasteiger partial charge in [0.15, 0.2) is 0 Å². The Morgan fingerprint density at radius 3 is 2.58 bits per heavy atom. The first-order chi connectivity index (χ1) is 9.33. The molecule has 0 fully saturated rings. The van der Waals surface area contributed by atoms with Crippen molar-refractivity contribution in [2.45, 2.75) is 19.8 Å². The van der Waals surface area contributed by atoms with Crippen molar-refractivity contribution in [1.29, 1.82) is 0 Å². The third kappa shape index (κ3) is 2.65. The molecule has 0 unspecified atom stereocenters. The van der Waals surface area contributed by atoms with Crippen LogP contribution in [-0.2, 0) is 0 Å². The van der Waals surface area contributed by atoms with Gasteiger partial charge in [0.25, 0.3) is 0 Å². The first-order valence-electron chi connectivity index (χ1n) is 6.72. The molecule has 0 aliphatic heterocycles. The number of allylic oxidation sites excluding steroid dienone is 4. The molecule has 0 atom stereocenters. The van der Waals surface area contributed by atoms with E-state index in [0.29, 0.717) is 0 Å². The summed E-state index contributed by atoms with van der Waals surface area (Å²) in [4.78, 5) is 4.53. The molecule has 0 bridgehead atoms. The molecule has 0 saturated heterocycles. The molecule has 19 heavy (non-hydrogen) atoms. The lowest BCUT2D eigenvalue weighted by Gasteiger charge is -2.14. The Morgan fingerprint density at radius 2 is 1.84 bits per heavy atom. The third-order valence-electron chi connectivity index (χ3n) is 3.46. The van der Waals surface area contributed by atoms with Crippen molar-refractivity contribution < 1.29 is 0 Å². The van der Waals surface area contributed by atoms with Gasteiger partial charge in [0.1, 0.15) is 0 Å². The van der Waals surface area contributed by atoms with Crippen molar-refractivity contribution in [2.75, 3.05) is 0 Å². The smallest absolute Gasteiger partial charge is 0.0662 e. The Kier molecular flexibility index (Phi) is 3.28. The van der Waals surface area contributed by atoms with Gasteiger partial charge in [-0.3, -0.25) is 4.98 Å². The van der Waals surface area contributed by atoms with Crippen LogP contribution < -0.4 is 0 Å². The molecule has 2 aromatic rings. The molecule has 3 rings (SSSR count). The lowest BCUT2D eigenvalue weighted by atomic mass is 9.93. The zero-order chi connectivity index (χ0) is 13.1. The van der Waals surface area contributed by atoms with E-state index in [1.807, 2.05) is 6.20 Å². The first-order valence-corrected chi connectivity index (χ1v) is 6.72. The van der Waals surface area contributed by atoms with Crippen LogP contribution >= 0.6 is 0 Å². The summed E-state index contributed by atoms with van der Waals surface area (Å²) in [6.45, 7) is 2.07. The van der Waals surface area contributed by atoms with Gasteiger partial charge in [-0.05, 0) is 54.2 Å². The molecule has 1 nitrogen and oxygen atoms in total. The molecule has 0 radical (unpaired) electrons. The summed E-state index contributed by atoms with van der Waals surface area (Å²) in [5.41, 5.74) is 6.24. The maximum atomic E-state index is 4.53. The number of rotatable bonds is 2. The number of nitrogens with zero attached hydrogens (tertiary/aromatic N) is 1. The maximum absolute atomic E-state index is 4.53. The Morgan fingerprint density at radius 1 is 1.00 bits per heavy atom. The molecule has 1 heteroatoms. The van der Waals surface area contributed by atoms with Crippen molar-refractivity contribution >= 4 is 11.1 Å². The van der Waals surface area contributed by atoms with Gasteiger partial charge >= 0.3 is 0 Å². The number of benzene rings is 1. The quantitative estimate of drug-likeness (QED) is 0.752. The maximum Gasteiger partial charge on any atom is 0.0662 e. The highest BCUT2D eigenvalue weighted by atomic mass is 14.7. The lowest BCUT2D eigenvalue weighted by molar-refractivity contribution is 1.04. The van der Waals surface area contributed by atoms with Gasteiger partial charge in [-0.15, -0.1) is 0 Å².